The van der Waals surface area contributed by atoms with Gasteiger partial charge in [-0.25, -0.2) is 0 Å². The lowest BCUT2D eigenvalue weighted by Crippen LogP contribution is -2.31. The van der Waals surface area contributed by atoms with Crippen molar-refractivity contribution in [3.8, 4) is 0 Å². The van der Waals surface area contributed by atoms with E-state index in [0.717, 1.165) is 19.5 Å². The van der Waals surface area contributed by atoms with E-state index in [1.54, 1.807) is 6.08 Å². The molecular weight excluding hydrogens is 152 g/mol. The van der Waals surface area contributed by atoms with E-state index in [1.165, 1.54) is 0 Å². The summed E-state index contributed by atoms with van der Waals surface area (Å²) in [6.07, 6.45) is 3.07. The molecule has 0 saturated heterocycles. The smallest absolute Gasteiger partial charge is 0.220 e. The average Bonchev–Trinajstić information content (AvgIpc) is 2.00. The Morgan fingerprint density at radius 2 is 2.25 bits per heavy atom. The zero-order valence-corrected chi connectivity index (χ0v) is 7.97. The number of likely N-dealkylation sites (N-methyl/N-ethyl adjacent to an activating group) is 1. The molecule has 0 bridgehead atoms. The van der Waals surface area contributed by atoms with Crippen LogP contribution in [0.15, 0.2) is 12.7 Å². The largest absolute Gasteiger partial charge is 0.355 e. The van der Waals surface area contributed by atoms with Crippen molar-refractivity contribution in [2.24, 2.45) is 0 Å². The van der Waals surface area contributed by atoms with Crippen LogP contribution >= 0.6 is 0 Å². The fourth-order valence-electron chi connectivity index (χ4n) is 0.740. The standard InChI is InChI=1S/C9H18N2O/c1-4-5-6-9(12)10-7-8-11(2)3/h4H,1,5-8H2,2-3H3,(H,10,12). The Morgan fingerprint density at radius 1 is 1.58 bits per heavy atom. The second-order valence-electron chi connectivity index (χ2n) is 2.98. The number of carbonyl (C=O) groups excluding carboxylic acids is 1. The first-order valence-corrected chi connectivity index (χ1v) is 4.19. The highest BCUT2D eigenvalue weighted by Crippen LogP contribution is 1.87. The quantitative estimate of drug-likeness (QED) is 0.593. The maximum absolute atomic E-state index is 11.0. The minimum Gasteiger partial charge on any atom is -0.355 e. The van der Waals surface area contributed by atoms with Crippen molar-refractivity contribution in [3.63, 3.8) is 0 Å². The molecule has 0 fully saturated rings. The van der Waals surface area contributed by atoms with Gasteiger partial charge in [0, 0.05) is 19.5 Å². The van der Waals surface area contributed by atoms with Crippen LogP contribution in [0.4, 0.5) is 0 Å². The summed E-state index contributed by atoms with van der Waals surface area (Å²) < 4.78 is 0. The highest BCUT2D eigenvalue weighted by molar-refractivity contribution is 5.75. The molecule has 0 aromatic carbocycles. The van der Waals surface area contributed by atoms with Gasteiger partial charge in [-0.1, -0.05) is 6.08 Å². The van der Waals surface area contributed by atoms with E-state index >= 15 is 0 Å². The number of nitrogens with zero attached hydrogens (tertiary/aromatic N) is 1. The van der Waals surface area contributed by atoms with Crippen LogP contribution in [0.25, 0.3) is 0 Å². The second-order valence-corrected chi connectivity index (χ2v) is 2.98. The molecule has 0 aliphatic carbocycles. The summed E-state index contributed by atoms with van der Waals surface area (Å²) in [5.74, 6) is 0.108. The molecule has 3 nitrogen and oxygen atoms in total. The van der Waals surface area contributed by atoms with Gasteiger partial charge >= 0.3 is 0 Å². The number of rotatable bonds is 6. The predicted molar refractivity (Wildman–Crippen MR) is 51.0 cm³/mol. The lowest BCUT2D eigenvalue weighted by molar-refractivity contribution is -0.121. The molecule has 12 heavy (non-hydrogen) atoms. The normalized spacial score (nSPS) is 9.92. The van der Waals surface area contributed by atoms with Crippen molar-refractivity contribution in [1.82, 2.24) is 10.2 Å². The van der Waals surface area contributed by atoms with E-state index in [1.807, 2.05) is 19.0 Å². The van der Waals surface area contributed by atoms with Gasteiger partial charge in [-0.2, -0.15) is 0 Å². The first kappa shape index (κ1) is 11.2. The highest BCUT2D eigenvalue weighted by atomic mass is 16.1. The van der Waals surface area contributed by atoms with Crippen molar-refractivity contribution in [3.05, 3.63) is 12.7 Å². The first-order valence-electron chi connectivity index (χ1n) is 4.19. The van der Waals surface area contributed by atoms with E-state index in [-0.39, 0.29) is 5.91 Å². The Labute approximate surface area is 74.4 Å². The molecule has 0 unspecified atom stereocenters. The minimum atomic E-state index is 0.108. The van der Waals surface area contributed by atoms with Gasteiger partial charge in [-0.15, -0.1) is 6.58 Å². The van der Waals surface area contributed by atoms with Crippen molar-refractivity contribution >= 4 is 5.91 Å². The summed E-state index contributed by atoms with van der Waals surface area (Å²) >= 11 is 0. The van der Waals surface area contributed by atoms with Crippen LogP contribution < -0.4 is 5.32 Å². The first-order chi connectivity index (χ1) is 5.66. The summed E-state index contributed by atoms with van der Waals surface area (Å²) in [5, 5.41) is 2.82. The molecule has 0 aliphatic heterocycles. The van der Waals surface area contributed by atoms with Crippen LogP contribution in [-0.4, -0.2) is 38.0 Å². The number of amides is 1. The maximum atomic E-state index is 11.0. The second kappa shape index (κ2) is 6.85. The summed E-state index contributed by atoms with van der Waals surface area (Å²) in [6.45, 7) is 5.17. The van der Waals surface area contributed by atoms with Gasteiger partial charge in [0.1, 0.15) is 0 Å². The molecule has 3 heteroatoms. The lowest BCUT2D eigenvalue weighted by atomic mass is 10.3. The molecular formula is C9H18N2O. The fraction of sp³-hybridized carbons (Fsp3) is 0.667. The average molecular weight is 170 g/mol. The van der Waals surface area contributed by atoms with Crippen LogP contribution in [0, 0.1) is 0 Å². The van der Waals surface area contributed by atoms with Gasteiger partial charge in [-0.05, 0) is 20.5 Å². The summed E-state index contributed by atoms with van der Waals surface area (Å²) in [5.41, 5.74) is 0. The SMILES string of the molecule is C=CCCC(=O)NCCN(C)C. The predicted octanol–water partition coefficient (Wildman–Crippen LogP) is 0.630. The Bertz CT molecular complexity index is 143. The van der Waals surface area contributed by atoms with Crippen LogP contribution in [0.2, 0.25) is 0 Å². The molecule has 0 saturated carbocycles. The van der Waals surface area contributed by atoms with E-state index in [9.17, 15) is 4.79 Å². The zero-order valence-electron chi connectivity index (χ0n) is 7.97. The monoisotopic (exact) mass is 170 g/mol. The zero-order chi connectivity index (χ0) is 9.40. The van der Waals surface area contributed by atoms with E-state index in [4.69, 9.17) is 0 Å². The Kier molecular flexibility index (Phi) is 6.38. The summed E-state index contributed by atoms with van der Waals surface area (Å²) in [7, 11) is 3.96. The van der Waals surface area contributed by atoms with Crippen LogP contribution in [0.5, 0.6) is 0 Å². The van der Waals surface area contributed by atoms with Crippen LogP contribution in [-0.2, 0) is 4.79 Å². The number of hydrogen-bond donors (Lipinski definition) is 1. The maximum Gasteiger partial charge on any atom is 0.220 e. The van der Waals surface area contributed by atoms with Gasteiger partial charge in [0.05, 0.1) is 0 Å². The molecule has 70 valence electrons. The minimum absolute atomic E-state index is 0.108. The van der Waals surface area contributed by atoms with Gasteiger partial charge in [0.2, 0.25) is 5.91 Å². The van der Waals surface area contributed by atoms with Crippen molar-refractivity contribution < 1.29 is 4.79 Å². The van der Waals surface area contributed by atoms with Crippen LogP contribution in [0.3, 0.4) is 0 Å². The molecule has 0 aliphatic rings. The number of carbonyl (C=O) groups is 1. The third kappa shape index (κ3) is 7.28. The molecule has 0 aromatic rings. The van der Waals surface area contributed by atoms with Crippen molar-refractivity contribution in [2.75, 3.05) is 27.2 Å². The molecule has 1 amide bonds. The van der Waals surface area contributed by atoms with E-state index < -0.39 is 0 Å². The van der Waals surface area contributed by atoms with E-state index in [2.05, 4.69) is 11.9 Å². The number of allylic oxidation sites excluding steroid dienone is 1. The Balaban J connectivity index is 3.25. The molecule has 0 rings (SSSR count). The fourth-order valence-corrected chi connectivity index (χ4v) is 0.740. The summed E-state index contributed by atoms with van der Waals surface area (Å²) in [4.78, 5) is 13.0. The molecule has 0 radical (unpaired) electrons. The van der Waals surface area contributed by atoms with E-state index in [0.29, 0.717) is 6.42 Å². The Morgan fingerprint density at radius 3 is 2.75 bits per heavy atom. The molecule has 0 aromatic heterocycles. The number of hydrogen-bond acceptors (Lipinski definition) is 2. The number of nitrogens with one attached hydrogen (secondary N) is 1. The van der Waals surface area contributed by atoms with Gasteiger partial charge in [0.25, 0.3) is 0 Å². The molecule has 0 heterocycles. The molecule has 1 N–H and O–H groups in total. The molecule has 0 spiro atoms. The molecule has 0 atom stereocenters. The Hall–Kier alpha value is -0.830. The third-order valence-corrected chi connectivity index (χ3v) is 1.46. The topological polar surface area (TPSA) is 32.3 Å². The van der Waals surface area contributed by atoms with Crippen molar-refractivity contribution in [2.45, 2.75) is 12.8 Å². The van der Waals surface area contributed by atoms with Gasteiger partial charge < -0.3 is 10.2 Å². The van der Waals surface area contributed by atoms with Crippen molar-refractivity contribution in [1.29, 1.82) is 0 Å². The lowest BCUT2D eigenvalue weighted by Gasteiger charge is -2.09. The van der Waals surface area contributed by atoms with Gasteiger partial charge in [0.15, 0.2) is 0 Å². The third-order valence-electron chi connectivity index (χ3n) is 1.46. The summed E-state index contributed by atoms with van der Waals surface area (Å²) in [6, 6.07) is 0. The van der Waals surface area contributed by atoms with Gasteiger partial charge in [-0.3, -0.25) is 4.79 Å². The highest BCUT2D eigenvalue weighted by Gasteiger charge is 1.97. The van der Waals surface area contributed by atoms with Crippen LogP contribution in [0.1, 0.15) is 12.8 Å².